The summed E-state index contributed by atoms with van der Waals surface area (Å²) in [5.74, 6) is 1.63. The second-order valence-electron chi connectivity index (χ2n) is 2.27. The summed E-state index contributed by atoms with van der Waals surface area (Å²) < 4.78 is 10.1. The molecule has 0 fully saturated rings. The number of hydrogen-bond acceptors (Lipinski definition) is 4. The van der Waals surface area contributed by atoms with Gasteiger partial charge in [-0.2, -0.15) is 0 Å². The zero-order valence-corrected chi connectivity index (χ0v) is 9.98. The van der Waals surface area contributed by atoms with Crippen molar-refractivity contribution in [3.05, 3.63) is 0 Å². The van der Waals surface area contributed by atoms with Gasteiger partial charge in [-0.1, -0.05) is 5.92 Å². The van der Waals surface area contributed by atoms with Crippen molar-refractivity contribution in [2.45, 2.75) is 13.0 Å². The van der Waals surface area contributed by atoms with Gasteiger partial charge in [-0.05, 0) is 6.92 Å². The van der Waals surface area contributed by atoms with E-state index < -0.39 is 18.1 Å². The third-order valence-corrected chi connectivity index (χ3v) is 2.57. The number of rotatable bonds is 3. The molecule has 1 amide bonds. The summed E-state index contributed by atoms with van der Waals surface area (Å²) in [4.78, 5) is 22.2. The third-order valence-electron chi connectivity index (χ3n) is 1.34. The molecule has 0 unspecified atom stereocenters. The van der Waals surface area contributed by atoms with Crippen LogP contribution in [0.1, 0.15) is 6.92 Å². The molecule has 0 heterocycles. The highest BCUT2D eigenvalue weighted by atomic mass is 127. The first-order valence-electron chi connectivity index (χ1n) is 3.67. The van der Waals surface area contributed by atoms with E-state index in [1.807, 2.05) is 0 Å². The van der Waals surface area contributed by atoms with Crippen LogP contribution in [0.25, 0.3) is 0 Å². The Balaban J connectivity index is 4.18. The van der Waals surface area contributed by atoms with Crippen molar-refractivity contribution in [1.82, 2.24) is 3.11 Å². The molecule has 5 nitrogen and oxygen atoms in total. The number of terminal acetylenes is 1. The lowest BCUT2D eigenvalue weighted by Gasteiger charge is -2.18. The van der Waals surface area contributed by atoms with Gasteiger partial charge < -0.3 is 9.47 Å². The Hall–Kier alpha value is -0.970. The van der Waals surface area contributed by atoms with E-state index in [0.29, 0.717) is 0 Å². The fourth-order valence-corrected chi connectivity index (χ4v) is 0.953. The van der Waals surface area contributed by atoms with E-state index in [9.17, 15) is 9.59 Å². The molecule has 14 heavy (non-hydrogen) atoms. The van der Waals surface area contributed by atoms with E-state index in [1.54, 1.807) is 22.9 Å². The molecule has 78 valence electrons. The van der Waals surface area contributed by atoms with E-state index >= 15 is 0 Å². The molecule has 0 rings (SSSR count). The number of halogens is 1. The van der Waals surface area contributed by atoms with E-state index in [0.717, 1.165) is 3.11 Å². The van der Waals surface area contributed by atoms with E-state index in [4.69, 9.17) is 6.42 Å². The SMILES string of the molecule is C#CCOC(=O)N(I)[C@@H](C)C(=O)OC. The predicted molar refractivity (Wildman–Crippen MR) is 57.5 cm³/mol. The summed E-state index contributed by atoms with van der Waals surface area (Å²) in [5, 5.41) is 0. The molecule has 0 aromatic carbocycles. The van der Waals surface area contributed by atoms with Gasteiger partial charge >= 0.3 is 12.1 Å². The molecule has 0 bridgehead atoms. The van der Waals surface area contributed by atoms with Gasteiger partial charge in [0.15, 0.2) is 6.61 Å². The van der Waals surface area contributed by atoms with Crippen molar-refractivity contribution in [3.63, 3.8) is 0 Å². The van der Waals surface area contributed by atoms with Crippen LogP contribution >= 0.6 is 22.9 Å². The fraction of sp³-hybridized carbons (Fsp3) is 0.500. The van der Waals surface area contributed by atoms with Crippen LogP contribution < -0.4 is 0 Å². The topological polar surface area (TPSA) is 55.8 Å². The minimum Gasteiger partial charge on any atom is -0.467 e. The monoisotopic (exact) mass is 311 g/mol. The third kappa shape index (κ3) is 3.83. The fourth-order valence-electron chi connectivity index (χ4n) is 0.586. The van der Waals surface area contributed by atoms with Gasteiger partial charge in [-0.15, -0.1) is 6.42 Å². The lowest BCUT2D eigenvalue weighted by atomic mass is 10.3. The van der Waals surface area contributed by atoms with E-state index in [-0.39, 0.29) is 6.61 Å². The molecule has 0 saturated heterocycles. The van der Waals surface area contributed by atoms with Crippen LogP contribution in [-0.2, 0) is 14.3 Å². The number of esters is 1. The predicted octanol–water partition coefficient (Wildman–Crippen LogP) is 0.970. The number of carbonyl (C=O) groups is 2. The Morgan fingerprint density at radius 3 is 2.64 bits per heavy atom. The van der Waals surface area contributed by atoms with Crippen molar-refractivity contribution in [2.24, 2.45) is 0 Å². The molecule has 0 spiro atoms. The minimum atomic E-state index is -0.703. The highest BCUT2D eigenvalue weighted by molar-refractivity contribution is 14.1. The van der Waals surface area contributed by atoms with Crippen LogP contribution in [0.15, 0.2) is 0 Å². The average molecular weight is 311 g/mol. The largest absolute Gasteiger partial charge is 0.467 e. The Kier molecular flexibility index (Phi) is 6.03. The Labute approximate surface area is 96.2 Å². The molecule has 1 atom stereocenters. The molecule has 6 heteroatoms. The first kappa shape index (κ1) is 13.0. The van der Waals surface area contributed by atoms with Gasteiger partial charge in [0.2, 0.25) is 0 Å². The highest BCUT2D eigenvalue weighted by Gasteiger charge is 2.25. The van der Waals surface area contributed by atoms with E-state index in [2.05, 4.69) is 15.4 Å². The quantitative estimate of drug-likeness (QED) is 0.337. The molecular weight excluding hydrogens is 301 g/mol. The van der Waals surface area contributed by atoms with Gasteiger partial charge in [0.25, 0.3) is 0 Å². The van der Waals surface area contributed by atoms with Gasteiger partial charge in [-0.25, -0.2) is 12.7 Å². The number of amides is 1. The number of methoxy groups -OCH3 is 1. The normalized spacial score (nSPS) is 11.0. The van der Waals surface area contributed by atoms with Gasteiger partial charge in [0.1, 0.15) is 6.04 Å². The number of carbonyl (C=O) groups excluding carboxylic acids is 2. The van der Waals surface area contributed by atoms with Crippen LogP contribution in [-0.4, -0.2) is 34.9 Å². The van der Waals surface area contributed by atoms with Crippen molar-refractivity contribution in [1.29, 1.82) is 0 Å². The van der Waals surface area contributed by atoms with Crippen LogP contribution in [0.5, 0.6) is 0 Å². The van der Waals surface area contributed by atoms with Crippen molar-refractivity contribution in [2.75, 3.05) is 13.7 Å². The number of nitrogens with zero attached hydrogens (tertiary/aromatic N) is 1. The summed E-state index contributed by atoms with van der Waals surface area (Å²) in [6.45, 7) is 1.40. The molecule has 0 aromatic rings. The number of ether oxygens (including phenoxy) is 2. The molecule has 0 aromatic heterocycles. The Bertz CT molecular complexity index is 261. The average Bonchev–Trinajstić information content (AvgIpc) is 2.22. The summed E-state index contributed by atoms with van der Waals surface area (Å²) in [6, 6.07) is -0.703. The van der Waals surface area contributed by atoms with Gasteiger partial charge in [0.05, 0.1) is 30.0 Å². The zero-order valence-electron chi connectivity index (χ0n) is 7.82. The summed E-state index contributed by atoms with van der Waals surface area (Å²) >= 11 is 1.66. The molecular formula is C8H10INO4. The maximum atomic E-state index is 11.2. The van der Waals surface area contributed by atoms with Crippen LogP contribution in [0.3, 0.4) is 0 Å². The first-order chi connectivity index (χ1) is 6.54. The van der Waals surface area contributed by atoms with E-state index in [1.165, 1.54) is 14.0 Å². The summed E-state index contributed by atoms with van der Waals surface area (Å²) in [5.41, 5.74) is 0. The summed E-state index contributed by atoms with van der Waals surface area (Å²) in [6.07, 6.45) is 4.23. The standard InChI is InChI=1S/C8H10INO4/c1-4-5-14-8(12)10(9)6(2)7(11)13-3/h1,6H,5H2,2-3H3/t6-/m0/s1. The lowest BCUT2D eigenvalue weighted by Crippen LogP contribution is -2.37. The van der Waals surface area contributed by atoms with Crippen molar-refractivity contribution in [3.8, 4) is 12.3 Å². The lowest BCUT2D eigenvalue weighted by molar-refractivity contribution is -0.143. The smallest absolute Gasteiger partial charge is 0.420 e. The molecule has 0 N–H and O–H groups in total. The molecule has 0 radical (unpaired) electrons. The van der Waals surface area contributed by atoms with Crippen molar-refractivity contribution >= 4 is 34.9 Å². The number of hydrogen-bond donors (Lipinski definition) is 0. The zero-order chi connectivity index (χ0) is 11.1. The van der Waals surface area contributed by atoms with Gasteiger partial charge in [-0.3, -0.25) is 0 Å². The molecule has 0 aliphatic heterocycles. The first-order valence-corrected chi connectivity index (χ1v) is 4.64. The minimum absolute atomic E-state index is 0.119. The van der Waals surface area contributed by atoms with Gasteiger partial charge in [0, 0.05) is 0 Å². The summed E-state index contributed by atoms with van der Waals surface area (Å²) in [7, 11) is 1.25. The van der Waals surface area contributed by atoms with Crippen LogP contribution in [0.4, 0.5) is 4.79 Å². The van der Waals surface area contributed by atoms with Crippen LogP contribution in [0, 0.1) is 12.3 Å². The molecule has 0 aliphatic carbocycles. The second-order valence-corrected chi connectivity index (χ2v) is 3.31. The maximum Gasteiger partial charge on any atom is 0.420 e. The maximum absolute atomic E-state index is 11.2. The Morgan fingerprint density at radius 2 is 2.21 bits per heavy atom. The van der Waals surface area contributed by atoms with Crippen LogP contribution in [0.2, 0.25) is 0 Å². The Morgan fingerprint density at radius 1 is 1.64 bits per heavy atom. The van der Waals surface area contributed by atoms with Crippen molar-refractivity contribution < 1.29 is 19.1 Å². The highest BCUT2D eigenvalue weighted by Crippen LogP contribution is 2.10. The molecule has 0 saturated carbocycles. The second kappa shape index (κ2) is 6.48. The molecule has 0 aliphatic rings.